The van der Waals surface area contributed by atoms with E-state index in [-0.39, 0.29) is 12.1 Å². The number of rotatable bonds is 1. The van der Waals surface area contributed by atoms with Crippen LogP contribution in [0.4, 0.5) is 0 Å². The van der Waals surface area contributed by atoms with Crippen LogP contribution in [0.2, 0.25) is 0 Å². The number of terminal acetylenes is 1. The molecule has 0 saturated carbocycles. The molecule has 0 bridgehead atoms. The first kappa shape index (κ1) is 9.85. The van der Waals surface area contributed by atoms with Crippen molar-refractivity contribution in [3.63, 3.8) is 0 Å². The average Bonchev–Trinajstić information content (AvgIpc) is 2.28. The minimum atomic E-state index is -0.237. The molecule has 0 amide bonds. The van der Waals surface area contributed by atoms with Gasteiger partial charge in [0.1, 0.15) is 6.10 Å². The molecule has 2 heteroatoms. The van der Waals surface area contributed by atoms with E-state index in [2.05, 4.69) is 5.92 Å². The van der Waals surface area contributed by atoms with Crippen molar-refractivity contribution in [3.8, 4) is 12.3 Å². The summed E-state index contributed by atoms with van der Waals surface area (Å²) in [5.41, 5.74) is 0.962. The minimum Gasteiger partial charge on any atom is -0.458 e. The molecule has 1 aliphatic carbocycles. The number of hydrogen-bond acceptors (Lipinski definition) is 2. The highest BCUT2D eigenvalue weighted by Crippen LogP contribution is 2.19. The third-order valence-corrected chi connectivity index (χ3v) is 2.07. The van der Waals surface area contributed by atoms with E-state index in [0.29, 0.717) is 0 Å². The van der Waals surface area contributed by atoms with Gasteiger partial charge in [0, 0.05) is 12.5 Å². The Hall–Kier alpha value is -1.23. The van der Waals surface area contributed by atoms with Gasteiger partial charge in [-0.25, -0.2) is 0 Å². The van der Waals surface area contributed by atoms with E-state index in [0.717, 1.165) is 31.3 Å². The van der Waals surface area contributed by atoms with Crippen LogP contribution in [-0.4, -0.2) is 12.1 Å². The van der Waals surface area contributed by atoms with Gasteiger partial charge in [-0.2, -0.15) is 0 Å². The minimum absolute atomic E-state index is 0.106. The van der Waals surface area contributed by atoms with E-state index < -0.39 is 0 Å². The van der Waals surface area contributed by atoms with Crippen LogP contribution < -0.4 is 0 Å². The molecule has 0 saturated heterocycles. The first-order valence-electron chi connectivity index (χ1n) is 4.57. The van der Waals surface area contributed by atoms with Crippen molar-refractivity contribution < 1.29 is 9.53 Å². The molecule has 70 valence electrons. The predicted octanol–water partition coefficient (Wildman–Crippen LogP) is 2.05. The van der Waals surface area contributed by atoms with Gasteiger partial charge >= 0.3 is 5.97 Å². The second-order valence-electron chi connectivity index (χ2n) is 3.23. The Labute approximate surface area is 79.0 Å². The molecule has 1 rings (SSSR count). The summed E-state index contributed by atoms with van der Waals surface area (Å²) in [6.07, 6.45) is 11.1. The van der Waals surface area contributed by atoms with Crippen LogP contribution in [0.3, 0.4) is 0 Å². The van der Waals surface area contributed by atoms with Crippen molar-refractivity contribution in [2.75, 3.05) is 0 Å². The van der Waals surface area contributed by atoms with Crippen LogP contribution in [0.25, 0.3) is 0 Å². The zero-order chi connectivity index (χ0) is 9.68. The molecule has 0 heterocycles. The monoisotopic (exact) mass is 178 g/mol. The molecule has 0 spiro atoms. The summed E-state index contributed by atoms with van der Waals surface area (Å²) in [6, 6.07) is 0. The van der Waals surface area contributed by atoms with Gasteiger partial charge in [-0.1, -0.05) is 5.92 Å². The molecule has 0 aliphatic heterocycles. The largest absolute Gasteiger partial charge is 0.458 e. The van der Waals surface area contributed by atoms with Crippen molar-refractivity contribution in [1.29, 1.82) is 0 Å². The third kappa shape index (κ3) is 3.33. The highest BCUT2D eigenvalue weighted by Gasteiger charge is 2.13. The molecule has 0 aromatic rings. The molecule has 0 aromatic carbocycles. The molecular formula is C11H14O2. The fourth-order valence-corrected chi connectivity index (χ4v) is 1.48. The lowest BCUT2D eigenvalue weighted by Gasteiger charge is -2.10. The van der Waals surface area contributed by atoms with Crippen molar-refractivity contribution in [1.82, 2.24) is 0 Å². The van der Waals surface area contributed by atoms with E-state index in [1.165, 1.54) is 6.92 Å². The predicted molar refractivity (Wildman–Crippen MR) is 50.9 cm³/mol. The smallest absolute Gasteiger partial charge is 0.303 e. The Kier molecular flexibility index (Phi) is 3.57. The number of carbonyl (C=O) groups excluding carboxylic acids is 1. The van der Waals surface area contributed by atoms with E-state index in [1.807, 2.05) is 6.08 Å². The number of hydrogen-bond donors (Lipinski definition) is 0. The van der Waals surface area contributed by atoms with Crippen LogP contribution >= 0.6 is 0 Å². The maximum atomic E-state index is 10.7. The SMILES string of the molecule is C#CC1=CC(OC(C)=O)CCCC1. The van der Waals surface area contributed by atoms with Gasteiger partial charge in [-0.3, -0.25) is 4.79 Å². The Morgan fingerprint density at radius 2 is 2.46 bits per heavy atom. The molecule has 1 atom stereocenters. The van der Waals surface area contributed by atoms with Gasteiger partial charge in [0.2, 0.25) is 0 Å². The van der Waals surface area contributed by atoms with Crippen LogP contribution in [0.1, 0.15) is 32.6 Å². The van der Waals surface area contributed by atoms with Gasteiger partial charge < -0.3 is 4.74 Å². The first-order chi connectivity index (χ1) is 6.22. The second kappa shape index (κ2) is 4.71. The summed E-state index contributed by atoms with van der Waals surface area (Å²) >= 11 is 0. The maximum Gasteiger partial charge on any atom is 0.303 e. The number of carbonyl (C=O) groups is 1. The summed E-state index contributed by atoms with van der Waals surface area (Å²) in [5.74, 6) is 2.38. The topological polar surface area (TPSA) is 26.3 Å². The average molecular weight is 178 g/mol. The van der Waals surface area contributed by atoms with Crippen LogP contribution in [0.5, 0.6) is 0 Å². The van der Waals surface area contributed by atoms with Crippen molar-refractivity contribution >= 4 is 5.97 Å². The summed E-state index contributed by atoms with van der Waals surface area (Å²) < 4.78 is 5.09. The molecule has 0 fully saturated rings. The van der Waals surface area contributed by atoms with Crippen LogP contribution in [0, 0.1) is 12.3 Å². The fraction of sp³-hybridized carbons (Fsp3) is 0.545. The number of allylic oxidation sites excluding steroid dienone is 1. The van der Waals surface area contributed by atoms with Gasteiger partial charge in [0.05, 0.1) is 0 Å². The van der Waals surface area contributed by atoms with Crippen LogP contribution in [-0.2, 0) is 9.53 Å². The zero-order valence-electron chi connectivity index (χ0n) is 7.88. The molecule has 0 aromatic heterocycles. The maximum absolute atomic E-state index is 10.7. The quantitative estimate of drug-likeness (QED) is 0.453. The van der Waals surface area contributed by atoms with Gasteiger partial charge in [0.25, 0.3) is 0 Å². The lowest BCUT2D eigenvalue weighted by atomic mass is 10.1. The molecule has 1 unspecified atom stereocenters. The fourth-order valence-electron chi connectivity index (χ4n) is 1.48. The molecule has 0 N–H and O–H groups in total. The second-order valence-corrected chi connectivity index (χ2v) is 3.23. The molecule has 13 heavy (non-hydrogen) atoms. The zero-order valence-corrected chi connectivity index (χ0v) is 7.88. The first-order valence-corrected chi connectivity index (χ1v) is 4.57. The van der Waals surface area contributed by atoms with E-state index >= 15 is 0 Å². The Bertz CT molecular complexity index is 258. The van der Waals surface area contributed by atoms with Gasteiger partial charge in [-0.05, 0) is 31.8 Å². The number of esters is 1. The van der Waals surface area contributed by atoms with Gasteiger partial charge in [0.15, 0.2) is 0 Å². The van der Waals surface area contributed by atoms with Crippen molar-refractivity contribution in [3.05, 3.63) is 11.6 Å². The van der Waals surface area contributed by atoms with Crippen molar-refractivity contribution in [2.45, 2.75) is 38.7 Å². The molecule has 2 nitrogen and oxygen atoms in total. The van der Waals surface area contributed by atoms with E-state index in [9.17, 15) is 4.79 Å². The summed E-state index contributed by atoms with van der Waals surface area (Å²) in [5, 5.41) is 0. The molecular weight excluding hydrogens is 164 g/mol. The Morgan fingerprint density at radius 3 is 3.08 bits per heavy atom. The normalized spacial score (nSPS) is 22.5. The van der Waals surface area contributed by atoms with Crippen molar-refractivity contribution in [2.24, 2.45) is 0 Å². The highest BCUT2D eigenvalue weighted by atomic mass is 16.5. The third-order valence-electron chi connectivity index (χ3n) is 2.07. The summed E-state index contributed by atoms with van der Waals surface area (Å²) in [4.78, 5) is 10.7. The summed E-state index contributed by atoms with van der Waals surface area (Å²) in [6.45, 7) is 1.42. The lowest BCUT2D eigenvalue weighted by molar-refractivity contribution is -0.144. The standard InChI is InChI=1S/C11H14O2/c1-3-10-6-4-5-7-11(8-10)13-9(2)12/h1,8,11H,4-7H2,2H3. The highest BCUT2D eigenvalue weighted by molar-refractivity contribution is 5.66. The Balaban J connectivity index is 2.62. The lowest BCUT2D eigenvalue weighted by Crippen LogP contribution is -2.13. The van der Waals surface area contributed by atoms with Crippen LogP contribution in [0.15, 0.2) is 11.6 Å². The molecule has 1 aliphatic rings. The Morgan fingerprint density at radius 1 is 1.69 bits per heavy atom. The summed E-state index contributed by atoms with van der Waals surface area (Å²) in [7, 11) is 0. The van der Waals surface area contributed by atoms with E-state index in [1.54, 1.807) is 0 Å². The number of ether oxygens (including phenoxy) is 1. The van der Waals surface area contributed by atoms with Gasteiger partial charge in [-0.15, -0.1) is 6.42 Å². The van der Waals surface area contributed by atoms with E-state index in [4.69, 9.17) is 11.2 Å². The molecule has 0 radical (unpaired) electrons.